The maximum Gasteiger partial charge on any atom is 0.208 e. The molecular weight excluding hydrogens is 314 g/mol. The highest BCUT2D eigenvalue weighted by Crippen LogP contribution is 2.40. The number of likely N-dealkylation sites (tertiary alicyclic amines) is 1. The first kappa shape index (κ1) is 15.3. The van der Waals surface area contributed by atoms with Crippen molar-refractivity contribution in [1.29, 1.82) is 0 Å². The molecule has 2 saturated carbocycles. The minimum absolute atomic E-state index is 0.588. The quantitative estimate of drug-likeness (QED) is 0.806. The average molecular weight is 339 g/mol. The van der Waals surface area contributed by atoms with Gasteiger partial charge in [-0.1, -0.05) is 0 Å². The van der Waals surface area contributed by atoms with Crippen LogP contribution >= 0.6 is 0 Å². The minimum Gasteiger partial charge on any atom is -0.444 e. The summed E-state index contributed by atoms with van der Waals surface area (Å²) < 4.78 is 5.92. The summed E-state index contributed by atoms with van der Waals surface area (Å²) >= 11 is 0. The molecule has 3 heterocycles. The van der Waals surface area contributed by atoms with Crippen LogP contribution in [0.1, 0.15) is 56.1 Å². The molecular formula is C19H25N5O. The lowest BCUT2D eigenvalue weighted by molar-refractivity contribution is 0.183. The molecule has 0 radical (unpaired) electrons. The molecule has 0 aromatic carbocycles. The van der Waals surface area contributed by atoms with E-state index in [0.717, 1.165) is 37.1 Å². The van der Waals surface area contributed by atoms with Gasteiger partial charge in [-0.3, -0.25) is 4.90 Å². The van der Waals surface area contributed by atoms with Gasteiger partial charge in [0.2, 0.25) is 5.89 Å². The largest absolute Gasteiger partial charge is 0.444 e. The lowest BCUT2D eigenvalue weighted by Crippen LogP contribution is -2.46. The van der Waals surface area contributed by atoms with Gasteiger partial charge in [0.25, 0.3) is 0 Å². The van der Waals surface area contributed by atoms with E-state index in [2.05, 4.69) is 30.8 Å². The Morgan fingerprint density at radius 1 is 1.04 bits per heavy atom. The van der Waals surface area contributed by atoms with Crippen molar-refractivity contribution in [2.45, 2.75) is 63.1 Å². The Balaban J connectivity index is 1.20. The van der Waals surface area contributed by atoms with E-state index in [1.54, 1.807) is 6.33 Å². The highest BCUT2D eigenvalue weighted by molar-refractivity contribution is 5.41. The first-order valence-electron chi connectivity index (χ1n) is 9.58. The van der Waals surface area contributed by atoms with E-state index in [4.69, 9.17) is 4.42 Å². The van der Waals surface area contributed by atoms with E-state index >= 15 is 0 Å². The van der Waals surface area contributed by atoms with Crippen LogP contribution in [0.15, 0.2) is 29.2 Å². The van der Waals surface area contributed by atoms with Crippen molar-refractivity contribution in [3.05, 3.63) is 36.4 Å². The van der Waals surface area contributed by atoms with Crippen LogP contribution in [0.2, 0.25) is 0 Å². The van der Waals surface area contributed by atoms with Crippen LogP contribution in [0, 0.1) is 0 Å². The predicted molar refractivity (Wildman–Crippen MR) is 94.3 cm³/mol. The summed E-state index contributed by atoms with van der Waals surface area (Å²) in [6, 6.07) is 3.32. The summed E-state index contributed by atoms with van der Waals surface area (Å²) in [7, 11) is 0. The van der Waals surface area contributed by atoms with Crippen LogP contribution in [0.5, 0.6) is 0 Å². The first-order valence-corrected chi connectivity index (χ1v) is 9.58. The normalized spacial score (nSPS) is 22.2. The van der Waals surface area contributed by atoms with Crippen LogP contribution in [0.25, 0.3) is 0 Å². The third-order valence-corrected chi connectivity index (χ3v) is 5.63. The van der Waals surface area contributed by atoms with E-state index < -0.39 is 0 Å². The van der Waals surface area contributed by atoms with Crippen LogP contribution in [0.3, 0.4) is 0 Å². The van der Waals surface area contributed by atoms with Crippen molar-refractivity contribution in [1.82, 2.24) is 19.9 Å². The number of rotatable bonds is 6. The second kappa shape index (κ2) is 6.41. The Bertz CT molecular complexity index is 702. The Morgan fingerprint density at radius 3 is 2.52 bits per heavy atom. The summed E-state index contributed by atoms with van der Waals surface area (Å²) in [6.45, 7) is 3.04. The molecule has 0 amide bonds. The zero-order chi connectivity index (χ0) is 16.6. The maximum absolute atomic E-state index is 5.92. The molecule has 2 aromatic heterocycles. The highest BCUT2D eigenvalue weighted by atomic mass is 16.4. The standard InChI is InChI=1S/C19H25N5O/c1-2-14(1)17-11-21-19(25-17)12-23-9-6-16(7-10-23)24(15-3-4-15)18-5-8-20-13-22-18/h5,8,11,13-16H,1-4,6-7,9-10,12H2. The number of aromatic nitrogens is 3. The van der Waals surface area contributed by atoms with Gasteiger partial charge in [-0.15, -0.1) is 0 Å². The van der Waals surface area contributed by atoms with Gasteiger partial charge >= 0.3 is 0 Å². The van der Waals surface area contributed by atoms with E-state index in [1.165, 1.54) is 38.5 Å². The molecule has 6 nitrogen and oxygen atoms in total. The topological polar surface area (TPSA) is 58.3 Å². The summed E-state index contributed by atoms with van der Waals surface area (Å²) in [6.07, 6.45) is 12.9. The first-order chi connectivity index (χ1) is 12.4. The summed E-state index contributed by atoms with van der Waals surface area (Å²) in [4.78, 5) is 18.1. The molecule has 0 spiro atoms. The zero-order valence-corrected chi connectivity index (χ0v) is 14.5. The Morgan fingerprint density at radius 2 is 1.84 bits per heavy atom. The van der Waals surface area contributed by atoms with E-state index in [-0.39, 0.29) is 0 Å². The van der Waals surface area contributed by atoms with Gasteiger partial charge in [0.15, 0.2) is 0 Å². The van der Waals surface area contributed by atoms with Crippen molar-refractivity contribution >= 4 is 5.82 Å². The van der Waals surface area contributed by atoms with Crippen molar-refractivity contribution in [2.24, 2.45) is 0 Å². The number of hydrogen-bond acceptors (Lipinski definition) is 6. The molecule has 0 unspecified atom stereocenters. The molecule has 0 N–H and O–H groups in total. The van der Waals surface area contributed by atoms with Gasteiger partial charge in [-0.05, 0) is 44.6 Å². The van der Waals surface area contributed by atoms with Crippen molar-refractivity contribution in [3.63, 3.8) is 0 Å². The Kier molecular flexibility index (Phi) is 3.93. The zero-order valence-electron chi connectivity index (χ0n) is 14.5. The van der Waals surface area contributed by atoms with Gasteiger partial charge < -0.3 is 9.32 Å². The predicted octanol–water partition coefficient (Wildman–Crippen LogP) is 2.98. The lowest BCUT2D eigenvalue weighted by Gasteiger charge is -2.39. The maximum atomic E-state index is 5.92. The Hall–Kier alpha value is -1.95. The van der Waals surface area contributed by atoms with Crippen LogP contribution in [0.4, 0.5) is 5.82 Å². The molecule has 3 fully saturated rings. The van der Waals surface area contributed by atoms with Crippen LogP contribution < -0.4 is 4.90 Å². The van der Waals surface area contributed by atoms with E-state index in [1.807, 2.05) is 12.4 Å². The SMILES string of the molecule is c1cc(N(C2CC2)C2CCN(Cc3ncc(C4CC4)o3)CC2)ncn1. The Labute approximate surface area is 148 Å². The molecule has 1 saturated heterocycles. The van der Waals surface area contributed by atoms with Crippen molar-refractivity contribution < 1.29 is 4.42 Å². The van der Waals surface area contributed by atoms with Gasteiger partial charge in [-0.25, -0.2) is 15.0 Å². The third kappa shape index (κ3) is 3.40. The third-order valence-electron chi connectivity index (χ3n) is 5.63. The molecule has 1 aliphatic heterocycles. The van der Waals surface area contributed by atoms with Crippen LogP contribution in [-0.4, -0.2) is 45.0 Å². The van der Waals surface area contributed by atoms with Crippen molar-refractivity contribution in [2.75, 3.05) is 18.0 Å². The molecule has 3 aliphatic rings. The van der Waals surface area contributed by atoms with Gasteiger partial charge in [0.05, 0.1) is 12.7 Å². The average Bonchev–Trinajstić information content (AvgIpc) is 3.58. The molecule has 0 atom stereocenters. The highest BCUT2D eigenvalue weighted by Gasteiger charge is 2.36. The fourth-order valence-electron chi connectivity index (χ4n) is 3.96. The number of hydrogen-bond donors (Lipinski definition) is 0. The molecule has 2 aromatic rings. The molecule has 25 heavy (non-hydrogen) atoms. The number of piperidine rings is 1. The van der Waals surface area contributed by atoms with Gasteiger partial charge in [0.1, 0.15) is 17.9 Å². The molecule has 2 aliphatic carbocycles. The second-order valence-corrected chi connectivity index (χ2v) is 7.64. The lowest BCUT2D eigenvalue weighted by atomic mass is 10.0. The van der Waals surface area contributed by atoms with E-state index in [0.29, 0.717) is 18.0 Å². The smallest absolute Gasteiger partial charge is 0.208 e. The molecule has 0 bridgehead atoms. The molecule has 132 valence electrons. The summed E-state index contributed by atoms with van der Waals surface area (Å²) in [5, 5.41) is 0. The van der Waals surface area contributed by atoms with Crippen molar-refractivity contribution in [3.8, 4) is 0 Å². The van der Waals surface area contributed by atoms with Crippen LogP contribution in [-0.2, 0) is 6.54 Å². The monoisotopic (exact) mass is 339 g/mol. The fraction of sp³-hybridized carbons (Fsp3) is 0.632. The fourth-order valence-corrected chi connectivity index (χ4v) is 3.96. The van der Waals surface area contributed by atoms with Gasteiger partial charge in [-0.2, -0.15) is 0 Å². The number of nitrogens with zero attached hydrogens (tertiary/aromatic N) is 5. The van der Waals surface area contributed by atoms with Gasteiger partial charge in [0, 0.05) is 37.3 Å². The molecule has 5 rings (SSSR count). The minimum atomic E-state index is 0.588. The number of oxazole rings is 1. The summed E-state index contributed by atoms with van der Waals surface area (Å²) in [5.41, 5.74) is 0. The molecule has 6 heteroatoms. The number of anilines is 1. The second-order valence-electron chi connectivity index (χ2n) is 7.64. The van der Waals surface area contributed by atoms with E-state index in [9.17, 15) is 0 Å². The summed E-state index contributed by atoms with van der Waals surface area (Å²) in [5.74, 6) is 3.72.